The SMILES string of the molecule is CC(NCCc1ccccn1)c1ccccc1F. The molecule has 1 aromatic carbocycles. The van der Waals surface area contributed by atoms with Crippen LogP contribution in [0.1, 0.15) is 24.2 Å². The predicted octanol–water partition coefficient (Wildman–Crippen LogP) is 3.11. The van der Waals surface area contributed by atoms with Crippen LogP contribution in [0.2, 0.25) is 0 Å². The van der Waals surface area contributed by atoms with Crippen molar-refractivity contribution in [3.63, 3.8) is 0 Å². The van der Waals surface area contributed by atoms with Gasteiger partial charge in [0.25, 0.3) is 0 Å². The Morgan fingerprint density at radius 2 is 1.94 bits per heavy atom. The largest absolute Gasteiger partial charge is 0.310 e. The highest BCUT2D eigenvalue weighted by atomic mass is 19.1. The van der Waals surface area contributed by atoms with Crippen molar-refractivity contribution in [2.75, 3.05) is 6.54 Å². The fraction of sp³-hybridized carbons (Fsp3) is 0.267. The molecule has 2 nitrogen and oxygen atoms in total. The van der Waals surface area contributed by atoms with E-state index in [1.54, 1.807) is 12.3 Å². The predicted molar refractivity (Wildman–Crippen MR) is 70.8 cm³/mol. The van der Waals surface area contributed by atoms with Crippen molar-refractivity contribution in [2.24, 2.45) is 0 Å². The van der Waals surface area contributed by atoms with Gasteiger partial charge in [-0.15, -0.1) is 0 Å². The summed E-state index contributed by atoms with van der Waals surface area (Å²) in [7, 11) is 0. The van der Waals surface area contributed by atoms with Gasteiger partial charge in [0.05, 0.1) is 0 Å². The zero-order valence-electron chi connectivity index (χ0n) is 10.4. The van der Waals surface area contributed by atoms with E-state index in [2.05, 4.69) is 10.3 Å². The minimum Gasteiger partial charge on any atom is -0.310 e. The maximum absolute atomic E-state index is 13.5. The Balaban J connectivity index is 1.86. The first-order valence-corrected chi connectivity index (χ1v) is 6.15. The van der Waals surface area contributed by atoms with Gasteiger partial charge in [-0.05, 0) is 25.1 Å². The Bertz CT molecular complexity index is 485. The summed E-state index contributed by atoms with van der Waals surface area (Å²) in [4.78, 5) is 4.25. The molecule has 1 aromatic heterocycles. The monoisotopic (exact) mass is 244 g/mol. The topological polar surface area (TPSA) is 24.9 Å². The standard InChI is InChI=1S/C15H17FN2/c1-12(14-7-2-3-8-15(14)16)17-11-9-13-6-4-5-10-18-13/h2-8,10,12,17H,9,11H2,1H3. The summed E-state index contributed by atoms with van der Waals surface area (Å²) >= 11 is 0. The fourth-order valence-corrected chi connectivity index (χ4v) is 1.90. The molecule has 0 saturated heterocycles. The van der Waals surface area contributed by atoms with Gasteiger partial charge in [-0.3, -0.25) is 4.98 Å². The van der Waals surface area contributed by atoms with Crippen LogP contribution in [0, 0.1) is 5.82 Å². The quantitative estimate of drug-likeness (QED) is 0.874. The maximum atomic E-state index is 13.5. The number of hydrogen-bond donors (Lipinski definition) is 1. The van der Waals surface area contributed by atoms with Crippen LogP contribution in [0.15, 0.2) is 48.7 Å². The summed E-state index contributed by atoms with van der Waals surface area (Å²) in [6, 6.07) is 12.8. The third-order valence-corrected chi connectivity index (χ3v) is 2.93. The molecule has 1 N–H and O–H groups in total. The molecule has 94 valence electrons. The Morgan fingerprint density at radius 1 is 1.17 bits per heavy atom. The van der Waals surface area contributed by atoms with E-state index in [0.29, 0.717) is 5.56 Å². The first-order chi connectivity index (χ1) is 8.77. The lowest BCUT2D eigenvalue weighted by molar-refractivity contribution is 0.529. The Hall–Kier alpha value is -1.74. The van der Waals surface area contributed by atoms with Crippen molar-refractivity contribution < 1.29 is 4.39 Å². The third kappa shape index (κ3) is 3.37. The molecule has 1 unspecified atom stereocenters. The second-order valence-electron chi connectivity index (χ2n) is 4.27. The first-order valence-electron chi connectivity index (χ1n) is 6.15. The molecule has 2 aromatic rings. The lowest BCUT2D eigenvalue weighted by Crippen LogP contribution is -2.22. The summed E-state index contributed by atoms with van der Waals surface area (Å²) in [6.45, 7) is 2.75. The molecule has 0 aliphatic carbocycles. The number of pyridine rings is 1. The molecule has 0 fully saturated rings. The van der Waals surface area contributed by atoms with Crippen LogP contribution in [-0.4, -0.2) is 11.5 Å². The van der Waals surface area contributed by atoms with Gasteiger partial charge in [0.1, 0.15) is 5.82 Å². The number of halogens is 1. The number of nitrogens with zero attached hydrogens (tertiary/aromatic N) is 1. The zero-order valence-corrected chi connectivity index (χ0v) is 10.4. The lowest BCUT2D eigenvalue weighted by Gasteiger charge is -2.14. The van der Waals surface area contributed by atoms with Crippen molar-refractivity contribution in [1.29, 1.82) is 0 Å². The number of benzene rings is 1. The number of nitrogens with one attached hydrogen (secondary N) is 1. The summed E-state index contributed by atoms with van der Waals surface area (Å²) < 4.78 is 13.5. The van der Waals surface area contributed by atoms with E-state index >= 15 is 0 Å². The van der Waals surface area contributed by atoms with E-state index in [1.807, 2.05) is 37.3 Å². The van der Waals surface area contributed by atoms with Gasteiger partial charge in [-0.2, -0.15) is 0 Å². The van der Waals surface area contributed by atoms with Gasteiger partial charge in [0, 0.05) is 36.5 Å². The highest BCUT2D eigenvalue weighted by Crippen LogP contribution is 2.15. The number of aromatic nitrogens is 1. The van der Waals surface area contributed by atoms with E-state index in [-0.39, 0.29) is 11.9 Å². The molecule has 2 rings (SSSR count). The van der Waals surface area contributed by atoms with Gasteiger partial charge in [0.2, 0.25) is 0 Å². The van der Waals surface area contributed by atoms with Crippen molar-refractivity contribution in [3.05, 3.63) is 65.7 Å². The molecule has 0 radical (unpaired) electrons. The van der Waals surface area contributed by atoms with E-state index in [4.69, 9.17) is 0 Å². The molecule has 0 aliphatic rings. The smallest absolute Gasteiger partial charge is 0.127 e. The molecule has 0 amide bonds. The summed E-state index contributed by atoms with van der Waals surface area (Å²) in [5.41, 5.74) is 1.75. The second kappa shape index (κ2) is 6.26. The van der Waals surface area contributed by atoms with Crippen molar-refractivity contribution in [2.45, 2.75) is 19.4 Å². The van der Waals surface area contributed by atoms with E-state index in [9.17, 15) is 4.39 Å². The van der Waals surface area contributed by atoms with Gasteiger partial charge >= 0.3 is 0 Å². The van der Waals surface area contributed by atoms with E-state index in [0.717, 1.165) is 18.7 Å². The average Bonchev–Trinajstić information content (AvgIpc) is 2.40. The second-order valence-corrected chi connectivity index (χ2v) is 4.27. The minimum atomic E-state index is -0.157. The highest BCUT2D eigenvalue weighted by molar-refractivity contribution is 5.20. The molecule has 0 bridgehead atoms. The van der Waals surface area contributed by atoms with Crippen molar-refractivity contribution >= 4 is 0 Å². The van der Waals surface area contributed by atoms with Crippen LogP contribution >= 0.6 is 0 Å². The summed E-state index contributed by atoms with van der Waals surface area (Å²) in [5, 5.41) is 3.31. The van der Waals surface area contributed by atoms with Crippen molar-refractivity contribution in [3.8, 4) is 0 Å². The van der Waals surface area contributed by atoms with Gasteiger partial charge in [-0.1, -0.05) is 24.3 Å². The molecule has 0 saturated carbocycles. The maximum Gasteiger partial charge on any atom is 0.127 e. The van der Waals surface area contributed by atoms with Crippen LogP contribution in [0.4, 0.5) is 4.39 Å². The van der Waals surface area contributed by atoms with Gasteiger partial charge in [-0.25, -0.2) is 4.39 Å². The summed E-state index contributed by atoms with van der Waals surface area (Å²) in [5.74, 6) is -0.157. The Kier molecular flexibility index (Phi) is 4.42. The van der Waals surface area contributed by atoms with Crippen LogP contribution in [0.3, 0.4) is 0 Å². The van der Waals surface area contributed by atoms with Gasteiger partial charge in [0.15, 0.2) is 0 Å². The Morgan fingerprint density at radius 3 is 2.67 bits per heavy atom. The molecule has 1 atom stereocenters. The minimum absolute atomic E-state index is 0.00918. The lowest BCUT2D eigenvalue weighted by atomic mass is 10.1. The van der Waals surface area contributed by atoms with Crippen LogP contribution in [0.25, 0.3) is 0 Å². The van der Waals surface area contributed by atoms with E-state index < -0.39 is 0 Å². The molecule has 0 spiro atoms. The molecular weight excluding hydrogens is 227 g/mol. The van der Waals surface area contributed by atoms with Crippen molar-refractivity contribution in [1.82, 2.24) is 10.3 Å². The van der Waals surface area contributed by atoms with Gasteiger partial charge < -0.3 is 5.32 Å². The molecule has 18 heavy (non-hydrogen) atoms. The number of hydrogen-bond acceptors (Lipinski definition) is 2. The third-order valence-electron chi connectivity index (χ3n) is 2.93. The zero-order chi connectivity index (χ0) is 12.8. The first kappa shape index (κ1) is 12.7. The van der Waals surface area contributed by atoms with E-state index in [1.165, 1.54) is 6.07 Å². The highest BCUT2D eigenvalue weighted by Gasteiger charge is 2.08. The van der Waals surface area contributed by atoms with Crippen LogP contribution < -0.4 is 5.32 Å². The van der Waals surface area contributed by atoms with Crippen LogP contribution in [-0.2, 0) is 6.42 Å². The molecular formula is C15H17FN2. The summed E-state index contributed by atoms with van der Waals surface area (Å²) in [6.07, 6.45) is 2.63. The Labute approximate surface area is 107 Å². The van der Waals surface area contributed by atoms with Crippen LogP contribution in [0.5, 0.6) is 0 Å². The number of rotatable bonds is 5. The fourth-order valence-electron chi connectivity index (χ4n) is 1.90. The molecule has 1 heterocycles. The average molecular weight is 244 g/mol. The molecule has 0 aliphatic heterocycles. The molecule has 3 heteroatoms. The normalized spacial score (nSPS) is 12.3.